The minimum atomic E-state index is -0.264. The molecule has 0 amide bonds. The Morgan fingerprint density at radius 2 is 2.18 bits per heavy atom. The molecule has 0 aromatic rings. The Labute approximate surface area is 68.3 Å². The molecule has 11 heavy (non-hydrogen) atoms. The molecule has 65 valence electrons. The van der Waals surface area contributed by atoms with Crippen LogP contribution in [0.15, 0.2) is 0 Å². The van der Waals surface area contributed by atoms with E-state index < -0.39 is 0 Å². The zero-order valence-electron chi connectivity index (χ0n) is 7.30. The average molecular weight is 158 g/mol. The van der Waals surface area contributed by atoms with Crippen molar-refractivity contribution in [2.24, 2.45) is 0 Å². The van der Waals surface area contributed by atoms with Gasteiger partial charge in [0.2, 0.25) is 0 Å². The Balaban J connectivity index is 3.58. The van der Waals surface area contributed by atoms with E-state index in [1.54, 1.807) is 0 Å². The summed E-state index contributed by atoms with van der Waals surface area (Å²) < 4.78 is 4.30. The molecule has 0 bridgehead atoms. The van der Waals surface area contributed by atoms with E-state index in [2.05, 4.69) is 18.8 Å². The SMILES string of the molecule is [CH2]OC(=O)CN(CC)CCC. The molecular weight excluding hydrogens is 142 g/mol. The number of carbonyl (C=O) groups excluding carboxylic acids is 1. The van der Waals surface area contributed by atoms with E-state index in [4.69, 9.17) is 0 Å². The van der Waals surface area contributed by atoms with Gasteiger partial charge in [-0.05, 0) is 19.5 Å². The molecule has 0 heterocycles. The van der Waals surface area contributed by atoms with Crippen molar-refractivity contribution in [3.05, 3.63) is 7.11 Å². The number of rotatable bonds is 5. The Morgan fingerprint density at radius 1 is 1.55 bits per heavy atom. The van der Waals surface area contributed by atoms with Gasteiger partial charge in [0, 0.05) is 0 Å². The van der Waals surface area contributed by atoms with Crippen molar-refractivity contribution in [2.75, 3.05) is 19.6 Å². The number of ether oxygens (including phenoxy) is 1. The number of likely N-dealkylation sites (N-methyl/N-ethyl adjacent to an activating group) is 1. The van der Waals surface area contributed by atoms with Gasteiger partial charge >= 0.3 is 5.97 Å². The van der Waals surface area contributed by atoms with Crippen LogP contribution in [0.4, 0.5) is 0 Å². The third kappa shape index (κ3) is 4.79. The topological polar surface area (TPSA) is 29.5 Å². The summed E-state index contributed by atoms with van der Waals surface area (Å²) in [6, 6.07) is 0. The van der Waals surface area contributed by atoms with Crippen molar-refractivity contribution in [3.8, 4) is 0 Å². The lowest BCUT2D eigenvalue weighted by Gasteiger charge is -2.16. The Bertz CT molecular complexity index is 115. The molecule has 0 aromatic heterocycles. The second-order valence-electron chi connectivity index (χ2n) is 2.39. The number of nitrogens with zero attached hydrogens (tertiary/aromatic N) is 1. The summed E-state index contributed by atoms with van der Waals surface area (Å²) in [5.74, 6) is -0.264. The van der Waals surface area contributed by atoms with Gasteiger partial charge in [-0.3, -0.25) is 9.69 Å². The predicted octanol–water partition coefficient (Wildman–Crippen LogP) is 1.05. The van der Waals surface area contributed by atoms with Crippen molar-refractivity contribution in [2.45, 2.75) is 20.3 Å². The van der Waals surface area contributed by atoms with Crippen LogP contribution in [0.5, 0.6) is 0 Å². The van der Waals surface area contributed by atoms with Crippen molar-refractivity contribution >= 4 is 5.97 Å². The van der Waals surface area contributed by atoms with E-state index in [9.17, 15) is 4.79 Å². The van der Waals surface area contributed by atoms with Gasteiger partial charge in [-0.15, -0.1) is 0 Å². The van der Waals surface area contributed by atoms with Gasteiger partial charge < -0.3 is 4.74 Å². The fourth-order valence-electron chi connectivity index (χ4n) is 0.893. The van der Waals surface area contributed by atoms with Crippen LogP contribution in [0.2, 0.25) is 0 Å². The average Bonchev–Trinajstić information content (AvgIpc) is 2.03. The van der Waals surface area contributed by atoms with Crippen LogP contribution < -0.4 is 0 Å². The lowest BCUT2D eigenvalue weighted by molar-refractivity contribution is -0.139. The maximum atomic E-state index is 10.7. The van der Waals surface area contributed by atoms with Gasteiger partial charge in [0.1, 0.15) is 7.11 Å². The standard InChI is InChI=1S/C8H16NO2/c1-4-6-9(5-2)7-8(10)11-3/h3-7H2,1-2H3. The Hall–Kier alpha value is -0.570. The van der Waals surface area contributed by atoms with Gasteiger partial charge in [0.05, 0.1) is 6.54 Å². The van der Waals surface area contributed by atoms with E-state index in [1.807, 2.05) is 11.8 Å². The first-order chi connectivity index (χ1) is 5.24. The molecule has 0 N–H and O–H groups in total. The maximum absolute atomic E-state index is 10.7. The fraction of sp³-hybridized carbons (Fsp3) is 0.750. The third-order valence-electron chi connectivity index (χ3n) is 1.50. The largest absolute Gasteiger partial charge is 0.461 e. The molecule has 0 rings (SSSR count). The molecule has 0 atom stereocenters. The molecule has 0 saturated heterocycles. The molecule has 0 unspecified atom stereocenters. The highest BCUT2D eigenvalue weighted by Gasteiger charge is 2.06. The third-order valence-corrected chi connectivity index (χ3v) is 1.50. The van der Waals surface area contributed by atoms with Crippen molar-refractivity contribution in [1.29, 1.82) is 0 Å². The molecule has 3 nitrogen and oxygen atoms in total. The van der Waals surface area contributed by atoms with Crippen LogP contribution in [0.25, 0.3) is 0 Å². The van der Waals surface area contributed by atoms with E-state index in [0.717, 1.165) is 19.5 Å². The summed E-state index contributed by atoms with van der Waals surface area (Å²) in [4.78, 5) is 12.8. The Kier molecular flexibility index (Phi) is 5.84. The van der Waals surface area contributed by atoms with Crippen LogP contribution >= 0.6 is 0 Å². The van der Waals surface area contributed by atoms with E-state index >= 15 is 0 Å². The van der Waals surface area contributed by atoms with Gasteiger partial charge in [-0.1, -0.05) is 13.8 Å². The fourth-order valence-corrected chi connectivity index (χ4v) is 0.893. The summed E-state index contributed by atoms with van der Waals surface area (Å²) in [7, 11) is 3.06. The number of hydrogen-bond acceptors (Lipinski definition) is 3. The second-order valence-corrected chi connectivity index (χ2v) is 2.39. The van der Waals surface area contributed by atoms with Crippen LogP contribution in [-0.2, 0) is 9.53 Å². The quantitative estimate of drug-likeness (QED) is 0.560. The number of carbonyl (C=O) groups is 1. The van der Waals surface area contributed by atoms with Gasteiger partial charge in [-0.25, -0.2) is 0 Å². The van der Waals surface area contributed by atoms with Gasteiger partial charge in [-0.2, -0.15) is 0 Å². The van der Waals surface area contributed by atoms with E-state index in [-0.39, 0.29) is 5.97 Å². The zero-order valence-corrected chi connectivity index (χ0v) is 7.30. The Morgan fingerprint density at radius 3 is 2.55 bits per heavy atom. The van der Waals surface area contributed by atoms with Crippen LogP contribution in [0.3, 0.4) is 0 Å². The highest BCUT2D eigenvalue weighted by atomic mass is 16.5. The molecule has 0 saturated carbocycles. The second kappa shape index (κ2) is 6.16. The monoisotopic (exact) mass is 158 g/mol. The first kappa shape index (κ1) is 10.4. The predicted molar refractivity (Wildman–Crippen MR) is 43.9 cm³/mol. The molecule has 0 fully saturated rings. The van der Waals surface area contributed by atoms with Crippen molar-refractivity contribution in [3.63, 3.8) is 0 Å². The minimum absolute atomic E-state index is 0.264. The first-order valence-corrected chi connectivity index (χ1v) is 3.91. The molecule has 1 radical (unpaired) electrons. The molecule has 0 aromatic carbocycles. The summed E-state index contributed by atoms with van der Waals surface area (Å²) in [6.07, 6.45) is 1.05. The van der Waals surface area contributed by atoms with Gasteiger partial charge in [0.25, 0.3) is 0 Å². The van der Waals surface area contributed by atoms with Crippen LogP contribution in [0, 0.1) is 7.11 Å². The number of hydrogen-bond donors (Lipinski definition) is 0. The highest BCUT2D eigenvalue weighted by molar-refractivity contribution is 5.71. The molecule has 0 aliphatic carbocycles. The van der Waals surface area contributed by atoms with Crippen LogP contribution in [0.1, 0.15) is 20.3 Å². The molecule has 0 aliphatic rings. The summed E-state index contributed by atoms with van der Waals surface area (Å²) in [6.45, 7) is 6.27. The number of esters is 1. The minimum Gasteiger partial charge on any atom is -0.461 e. The van der Waals surface area contributed by atoms with Crippen molar-refractivity contribution in [1.82, 2.24) is 4.90 Å². The zero-order chi connectivity index (χ0) is 8.69. The smallest absolute Gasteiger partial charge is 0.320 e. The summed E-state index contributed by atoms with van der Waals surface area (Å²) >= 11 is 0. The lowest BCUT2D eigenvalue weighted by atomic mass is 10.4. The molecule has 0 spiro atoms. The summed E-state index contributed by atoms with van der Waals surface area (Å²) in [5, 5.41) is 0. The van der Waals surface area contributed by atoms with Gasteiger partial charge in [0.15, 0.2) is 0 Å². The van der Waals surface area contributed by atoms with E-state index in [0.29, 0.717) is 6.54 Å². The van der Waals surface area contributed by atoms with E-state index in [1.165, 1.54) is 0 Å². The molecule has 3 heteroatoms. The lowest BCUT2D eigenvalue weighted by Crippen LogP contribution is -2.30. The highest BCUT2D eigenvalue weighted by Crippen LogP contribution is 1.91. The van der Waals surface area contributed by atoms with Crippen LogP contribution in [-0.4, -0.2) is 30.5 Å². The molecular formula is C8H16NO2. The van der Waals surface area contributed by atoms with Crippen molar-refractivity contribution < 1.29 is 9.53 Å². The molecule has 0 aliphatic heterocycles. The first-order valence-electron chi connectivity index (χ1n) is 3.91. The normalized spacial score (nSPS) is 10.2. The maximum Gasteiger partial charge on any atom is 0.320 e. The summed E-state index contributed by atoms with van der Waals surface area (Å²) in [5.41, 5.74) is 0.